The van der Waals surface area contributed by atoms with E-state index < -0.39 is 7.14 Å². The Kier molecular flexibility index (Phi) is 6.20. The fourth-order valence-corrected chi connectivity index (χ4v) is 5.66. The number of hydrogen-bond donors (Lipinski definition) is 0. The fourth-order valence-electron chi connectivity index (χ4n) is 2.95. The zero-order chi connectivity index (χ0) is 18.2. The Bertz CT molecular complexity index is 843. The van der Waals surface area contributed by atoms with E-state index in [4.69, 9.17) is 0 Å². The van der Waals surface area contributed by atoms with E-state index in [0.717, 1.165) is 22.6 Å². The molecule has 0 amide bonds. The number of benzene rings is 3. The first kappa shape index (κ1) is 18.4. The summed E-state index contributed by atoms with van der Waals surface area (Å²) < 4.78 is 13.8. The van der Waals surface area contributed by atoms with Gasteiger partial charge in [-0.15, -0.1) is 0 Å². The number of aliphatic imine (C=N–C) groups is 1. The molecule has 0 fully saturated rings. The first-order valence-corrected chi connectivity index (χ1v) is 10.8. The quantitative estimate of drug-likeness (QED) is 0.337. The van der Waals surface area contributed by atoms with Crippen LogP contribution in [0.15, 0.2) is 89.9 Å². The summed E-state index contributed by atoms with van der Waals surface area (Å²) in [7, 11) is -2.62. The van der Waals surface area contributed by atoms with E-state index in [1.54, 1.807) is 0 Å². The Morgan fingerprint density at radius 3 is 1.88 bits per heavy atom. The Labute approximate surface area is 156 Å². The molecule has 3 aromatic carbocycles. The highest BCUT2D eigenvalue weighted by Gasteiger charge is 2.26. The van der Waals surface area contributed by atoms with Gasteiger partial charge in [0.2, 0.25) is 0 Å². The lowest BCUT2D eigenvalue weighted by Crippen LogP contribution is -2.18. The van der Waals surface area contributed by atoms with Crippen LogP contribution in [-0.4, -0.2) is 18.9 Å². The van der Waals surface area contributed by atoms with Gasteiger partial charge in [0.05, 0.1) is 0 Å². The highest BCUT2D eigenvalue weighted by molar-refractivity contribution is 7.78. The molecule has 0 unspecified atom stereocenters. The van der Waals surface area contributed by atoms with Crippen molar-refractivity contribution < 1.29 is 4.57 Å². The predicted octanol–water partition coefficient (Wildman–Crippen LogP) is 4.82. The number of hydrogen-bond acceptors (Lipinski definition) is 2. The van der Waals surface area contributed by atoms with Crippen LogP contribution in [0, 0.1) is 6.92 Å². The van der Waals surface area contributed by atoms with Crippen LogP contribution >= 0.6 is 7.14 Å². The molecule has 0 aliphatic heterocycles. The second kappa shape index (κ2) is 8.78. The maximum atomic E-state index is 13.8. The molecule has 0 saturated heterocycles. The van der Waals surface area contributed by atoms with Crippen LogP contribution < -0.4 is 10.6 Å². The Balaban J connectivity index is 1.69. The summed E-state index contributed by atoms with van der Waals surface area (Å²) in [5.74, 6) is 0. The van der Waals surface area contributed by atoms with Crippen molar-refractivity contribution in [1.82, 2.24) is 0 Å². The molecular weight excluding hydrogens is 337 g/mol. The van der Waals surface area contributed by atoms with Crippen LogP contribution in [-0.2, 0) is 4.57 Å². The molecule has 0 aromatic heterocycles. The normalized spacial score (nSPS) is 11.7. The largest absolute Gasteiger partial charge is 0.314 e. The second-order valence-electron chi connectivity index (χ2n) is 6.43. The van der Waals surface area contributed by atoms with E-state index in [2.05, 4.69) is 36.2 Å². The van der Waals surface area contributed by atoms with Crippen LogP contribution in [0.1, 0.15) is 17.5 Å². The van der Waals surface area contributed by atoms with Crippen molar-refractivity contribution >= 4 is 24.0 Å². The molecule has 0 aliphatic rings. The Hall–Kier alpha value is -2.44. The van der Waals surface area contributed by atoms with Crippen molar-refractivity contribution in [2.24, 2.45) is 4.99 Å². The lowest BCUT2D eigenvalue weighted by atomic mass is 10.2. The van der Waals surface area contributed by atoms with E-state index in [1.807, 2.05) is 66.9 Å². The third-order valence-electron chi connectivity index (χ3n) is 4.42. The lowest BCUT2D eigenvalue weighted by Gasteiger charge is -2.19. The summed E-state index contributed by atoms with van der Waals surface area (Å²) in [5, 5.41) is 1.85. The molecule has 0 atom stereocenters. The van der Waals surface area contributed by atoms with Crippen LogP contribution in [0.4, 0.5) is 0 Å². The van der Waals surface area contributed by atoms with E-state index in [-0.39, 0.29) is 0 Å². The second-order valence-corrected chi connectivity index (χ2v) is 9.39. The average Bonchev–Trinajstić information content (AvgIpc) is 2.70. The fraction of sp³-hybridized carbons (Fsp3) is 0.174. The van der Waals surface area contributed by atoms with Gasteiger partial charge in [0.25, 0.3) is 0 Å². The summed E-state index contributed by atoms with van der Waals surface area (Å²) in [6.07, 6.45) is 3.32. The third-order valence-corrected chi connectivity index (χ3v) is 7.64. The summed E-state index contributed by atoms with van der Waals surface area (Å²) >= 11 is 0. The topological polar surface area (TPSA) is 29.4 Å². The third kappa shape index (κ3) is 4.59. The predicted molar refractivity (Wildman–Crippen MR) is 113 cm³/mol. The summed E-state index contributed by atoms with van der Waals surface area (Å²) in [6.45, 7) is 2.75. The van der Waals surface area contributed by atoms with Crippen molar-refractivity contribution in [2.75, 3.05) is 12.7 Å². The van der Waals surface area contributed by atoms with Gasteiger partial charge in [-0.25, -0.2) is 0 Å². The van der Waals surface area contributed by atoms with Crippen molar-refractivity contribution in [3.8, 4) is 0 Å². The molecule has 2 nitrogen and oxygen atoms in total. The maximum absolute atomic E-state index is 13.8. The van der Waals surface area contributed by atoms with Crippen LogP contribution in [0.3, 0.4) is 0 Å². The minimum atomic E-state index is -2.62. The number of nitrogens with zero attached hydrogens (tertiary/aromatic N) is 1. The monoisotopic (exact) mass is 361 g/mol. The first-order chi connectivity index (χ1) is 12.7. The SMILES string of the molecule is Cc1ccc(C=NCCCP(=O)(c2ccccc2)c2ccccc2)cc1. The standard InChI is InChI=1S/C23H24NOP/c1-20-13-15-21(16-14-20)19-24-17-8-18-26(25,22-9-4-2-5-10-22)23-11-6-3-7-12-23/h2-7,9-16,19H,8,17-18H2,1H3. The van der Waals surface area contributed by atoms with Crippen molar-refractivity contribution in [1.29, 1.82) is 0 Å². The van der Waals surface area contributed by atoms with E-state index in [9.17, 15) is 4.57 Å². The highest BCUT2D eigenvalue weighted by Crippen LogP contribution is 2.43. The zero-order valence-corrected chi connectivity index (χ0v) is 16.0. The molecule has 3 rings (SSSR count). The average molecular weight is 361 g/mol. The summed E-state index contributed by atoms with van der Waals surface area (Å²) in [4.78, 5) is 4.52. The van der Waals surface area contributed by atoms with E-state index >= 15 is 0 Å². The van der Waals surface area contributed by atoms with Gasteiger partial charge in [0.15, 0.2) is 0 Å². The Morgan fingerprint density at radius 2 is 1.35 bits per heavy atom. The van der Waals surface area contributed by atoms with Crippen LogP contribution in [0.2, 0.25) is 0 Å². The molecule has 0 bridgehead atoms. The van der Waals surface area contributed by atoms with Gasteiger partial charge in [-0.3, -0.25) is 4.99 Å². The highest BCUT2D eigenvalue weighted by atomic mass is 31.2. The van der Waals surface area contributed by atoms with Gasteiger partial charge in [0, 0.05) is 29.5 Å². The minimum Gasteiger partial charge on any atom is -0.314 e. The number of aryl methyl sites for hydroxylation is 1. The molecule has 0 spiro atoms. The number of rotatable bonds is 7. The maximum Gasteiger partial charge on any atom is 0.143 e. The molecule has 0 radical (unpaired) electrons. The van der Waals surface area contributed by atoms with Crippen LogP contribution in [0.25, 0.3) is 0 Å². The minimum absolute atomic E-state index is 0.631. The summed E-state index contributed by atoms with van der Waals surface area (Å²) in [5.41, 5.74) is 2.35. The molecule has 0 saturated carbocycles. The summed E-state index contributed by atoms with van der Waals surface area (Å²) in [6, 6.07) is 28.0. The molecule has 3 heteroatoms. The van der Waals surface area contributed by atoms with Gasteiger partial charge in [0.1, 0.15) is 7.14 Å². The first-order valence-electron chi connectivity index (χ1n) is 8.95. The van der Waals surface area contributed by atoms with Gasteiger partial charge in [-0.2, -0.15) is 0 Å². The van der Waals surface area contributed by atoms with Gasteiger partial charge >= 0.3 is 0 Å². The molecule has 0 aliphatic carbocycles. The molecule has 26 heavy (non-hydrogen) atoms. The molecule has 3 aromatic rings. The molecule has 0 heterocycles. The van der Waals surface area contributed by atoms with Gasteiger partial charge < -0.3 is 4.57 Å². The Morgan fingerprint density at radius 1 is 0.808 bits per heavy atom. The molecule has 0 N–H and O–H groups in total. The van der Waals surface area contributed by atoms with Crippen molar-refractivity contribution in [2.45, 2.75) is 13.3 Å². The van der Waals surface area contributed by atoms with Crippen molar-refractivity contribution in [3.63, 3.8) is 0 Å². The van der Waals surface area contributed by atoms with E-state index in [1.165, 1.54) is 5.56 Å². The van der Waals surface area contributed by atoms with Gasteiger partial charge in [-0.05, 0) is 18.9 Å². The van der Waals surface area contributed by atoms with Crippen LogP contribution in [0.5, 0.6) is 0 Å². The lowest BCUT2D eigenvalue weighted by molar-refractivity contribution is 0.585. The smallest absolute Gasteiger partial charge is 0.143 e. The van der Waals surface area contributed by atoms with Crippen molar-refractivity contribution in [3.05, 3.63) is 96.1 Å². The van der Waals surface area contributed by atoms with Gasteiger partial charge in [-0.1, -0.05) is 90.5 Å². The molecular formula is C23H24NOP. The molecule has 132 valence electrons. The van der Waals surface area contributed by atoms with E-state index in [0.29, 0.717) is 12.7 Å². The zero-order valence-electron chi connectivity index (χ0n) is 15.1.